The Hall–Kier alpha value is -1.69. The second kappa shape index (κ2) is 7.79. The summed E-state index contributed by atoms with van der Waals surface area (Å²) in [6, 6.07) is 8.75. The van der Waals surface area contributed by atoms with Gasteiger partial charge in [0.1, 0.15) is 5.57 Å². The topological polar surface area (TPSA) is 0 Å². The van der Waals surface area contributed by atoms with Crippen LogP contribution in [0.2, 0.25) is 0 Å². The summed E-state index contributed by atoms with van der Waals surface area (Å²) in [6.07, 6.45) is -1.89. The number of hydrogen-bond donors (Lipinski definition) is 0. The smallest absolute Gasteiger partial charge is 0.165 e. The number of benzene rings is 1. The van der Waals surface area contributed by atoms with Crippen LogP contribution in [0.15, 0.2) is 41.5 Å². The minimum absolute atomic E-state index is 0.387. The number of unbranched alkanes of at least 4 members (excludes halogenated alkanes) is 1. The van der Waals surface area contributed by atoms with Crippen LogP contribution in [-0.4, -0.2) is 6.18 Å². The van der Waals surface area contributed by atoms with E-state index >= 15 is 0 Å². The minimum atomic E-state index is -4.37. The first-order valence-electron chi connectivity index (χ1n) is 6.85. The largest absolute Gasteiger partial charge is 0.424 e. The number of halogens is 3. The van der Waals surface area contributed by atoms with Gasteiger partial charge in [-0.05, 0) is 37.0 Å². The van der Waals surface area contributed by atoms with E-state index in [1.54, 1.807) is 31.2 Å². The fraction of sp³-hybridized carbons (Fsp3) is 0.412. The number of alkyl halides is 3. The maximum atomic E-state index is 13.1. The summed E-state index contributed by atoms with van der Waals surface area (Å²) in [5, 5.41) is 0. The van der Waals surface area contributed by atoms with Crippen molar-refractivity contribution >= 4 is 0 Å². The highest BCUT2D eigenvalue weighted by Gasteiger charge is 2.34. The van der Waals surface area contributed by atoms with Crippen LogP contribution in [0.3, 0.4) is 0 Å². The molecule has 20 heavy (non-hydrogen) atoms. The fourth-order valence-corrected chi connectivity index (χ4v) is 1.88. The van der Waals surface area contributed by atoms with E-state index in [2.05, 4.69) is 11.8 Å². The summed E-state index contributed by atoms with van der Waals surface area (Å²) in [5.74, 6) is 4.96. The second-order valence-electron chi connectivity index (χ2n) is 4.55. The molecular formula is C17H19F3. The van der Waals surface area contributed by atoms with Gasteiger partial charge in [0.05, 0.1) is 0 Å². The number of allylic oxidation sites excluding steroid dienone is 2. The van der Waals surface area contributed by atoms with Crippen LogP contribution in [0, 0.1) is 11.8 Å². The Morgan fingerprint density at radius 3 is 2.25 bits per heavy atom. The molecule has 0 fully saturated rings. The van der Waals surface area contributed by atoms with E-state index in [1.165, 1.54) is 0 Å². The average molecular weight is 280 g/mol. The third kappa shape index (κ3) is 5.13. The molecule has 3 heteroatoms. The Balaban J connectivity index is 3.14. The molecule has 1 aromatic rings. The summed E-state index contributed by atoms with van der Waals surface area (Å²) in [7, 11) is 0. The van der Waals surface area contributed by atoms with E-state index in [1.807, 2.05) is 13.0 Å². The van der Waals surface area contributed by atoms with Crippen molar-refractivity contribution in [2.75, 3.05) is 0 Å². The van der Waals surface area contributed by atoms with Crippen molar-refractivity contribution in [3.8, 4) is 11.8 Å². The lowest BCUT2D eigenvalue weighted by atomic mass is 9.99. The monoisotopic (exact) mass is 280 g/mol. The van der Waals surface area contributed by atoms with E-state index < -0.39 is 11.7 Å². The first-order chi connectivity index (χ1) is 9.49. The molecule has 0 aliphatic heterocycles. The molecule has 0 saturated heterocycles. The van der Waals surface area contributed by atoms with Gasteiger partial charge in [-0.25, -0.2) is 0 Å². The molecule has 0 aromatic heterocycles. The van der Waals surface area contributed by atoms with Crippen LogP contribution in [0.5, 0.6) is 0 Å². The van der Waals surface area contributed by atoms with Crippen molar-refractivity contribution in [1.29, 1.82) is 0 Å². The SMILES string of the molecule is CCCC/C(CC)=C(\C#Cc1ccccc1)C(F)(F)F. The van der Waals surface area contributed by atoms with E-state index in [4.69, 9.17) is 0 Å². The van der Waals surface area contributed by atoms with Crippen LogP contribution in [0.1, 0.15) is 45.1 Å². The summed E-state index contributed by atoms with van der Waals surface area (Å²) in [5.41, 5.74) is 0.334. The highest BCUT2D eigenvalue weighted by atomic mass is 19.4. The number of hydrogen-bond acceptors (Lipinski definition) is 0. The summed E-state index contributed by atoms with van der Waals surface area (Å²) < 4.78 is 39.4. The molecule has 0 saturated carbocycles. The molecule has 1 rings (SSSR count). The van der Waals surface area contributed by atoms with Gasteiger partial charge in [0.25, 0.3) is 0 Å². The van der Waals surface area contributed by atoms with E-state index in [0.29, 0.717) is 24.0 Å². The minimum Gasteiger partial charge on any atom is -0.165 e. The zero-order chi connectivity index (χ0) is 15.0. The predicted octanol–water partition coefficient (Wildman–Crippen LogP) is 5.50. The Morgan fingerprint density at radius 2 is 1.75 bits per heavy atom. The van der Waals surface area contributed by atoms with Crippen LogP contribution in [0.25, 0.3) is 0 Å². The van der Waals surface area contributed by atoms with Crippen molar-refractivity contribution < 1.29 is 13.2 Å². The summed E-state index contributed by atoms with van der Waals surface area (Å²) in [4.78, 5) is 0. The zero-order valence-electron chi connectivity index (χ0n) is 11.8. The van der Waals surface area contributed by atoms with E-state index in [0.717, 1.165) is 12.8 Å². The van der Waals surface area contributed by atoms with Crippen molar-refractivity contribution in [2.45, 2.75) is 45.7 Å². The zero-order valence-corrected chi connectivity index (χ0v) is 11.8. The standard InChI is InChI=1S/C17H19F3/c1-3-5-11-15(4-2)16(17(18,19)20)13-12-14-9-7-6-8-10-14/h6-10H,3-5,11H2,1-2H3/b16-15+. The molecule has 0 aliphatic rings. The Bertz CT molecular complexity index is 499. The summed E-state index contributed by atoms with van der Waals surface area (Å²) in [6.45, 7) is 3.72. The molecule has 1 aromatic carbocycles. The highest BCUT2D eigenvalue weighted by molar-refractivity contribution is 5.44. The Labute approximate surface area is 118 Å². The lowest BCUT2D eigenvalue weighted by Crippen LogP contribution is -2.13. The molecule has 0 amide bonds. The van der Waals surface area contributed by atoms with Gasteiger partial charge >= 0.3 is 6.18 Å². The maximum absolute atomic E-state index is 13.1. The first-order valence-corrected chi connectivity index (χ1v) is 6.85. The van der Waals surface area contributed by atoms with Crippen molar-refractivity contribution in [3.05, 3.63) is 47.0 Å². The van der Waals surface area contributed by atoms with Crippen LogP contribution in [0.4, 0.5) is 13.2 Å². The molecule has 0 bridgehead atoms. The average Bonchev–Trinajstić information content (AvgIpc) is 2.42. The van der Waals surface area contributed by atoms with Gasteiger partial charge in [0, 0.05) is 5.56 Å². The van der Waals surface area contributed by atoms with Crippen LogP contribution in [-0.2, 0) is 0 Å². The molecule has 108 valence electrons. The lowest BCUT2D eigenvalue weighted by Gasteiger charge is -2.12. The number of rotatable bonds is 4. The lowest BCUT2D eigenvalue weighted by molar-refractivity contribution is -0.0882. The van der Waals surface area contributed by atoms with E-state index in [-0.39, 0.29) is 0 Å². The Morgan fingerprint density at radius 1 is 1.10 bits per heavy atom. The molecule has 0 nitrogen and oxygen atoms in total. The van der Waals surface area contributed by atoms with Crippen LogP contribution >= 0.6 is 0 Å². The molecule has 0 atom stereocenters. The van der Waals surface area contributed by atoms with Crippen LogP contribution < -0.4 is 0 Å². The molecule has 0 unspecified atom stereocenters. The first kappa shape index (κ1) is 16.4. The molecular weight excluding hydrogens is 261 g/mol. The third-order valence-corrected chi connectivity index (χ3v) is 3.00. The molecule has 0 spiro atoms. The van der Waals surface area contributed by atoms with Crippen molar-refractivity contribution in [1.82, 2.24) is 0 Å². The second-order valence-corrected chi connectivity index (χ2v) is 4.55. The molecule has 0 radical (unpaired) electrons. The van der Waals surface area contributed by atoms with Crippen molar-refractivity contribution in [2.24, 2.45) is 0 Å². The highest BCUT2D eigenvalue weighted by Crippen LogP contribution is 2.31. The normalized spacial score (nSPS) is 12.4. The molecule has 0 N–H and O–H groups in total. The maximum Gasteiger partial charge on any atom is 0.424 e. The van der Waals surface area contributed by atoms with Crippen molar-refractivity contribution in [3.63, 3.8) is 0 Å². The predicted molar refractivity (Wildman–Crippen MR) is 76.2 cm³/mol. The third-order valence-electron chi connectivity index (χ3n) is 3.00. The Kier molecular flexibility index (Phi) is 6.38. The molecule has 0 aliphatic carbocycles. The van der Waals surface area contributed by atoms with E-state index in [9.17, 15) is 13.2 Å². The van der Waals surface area contributed by atoms with Gasteiger partial charge in [-0.2, -0.15) is 13.2 Å². The quantitative estimate of drug-likeness (QED) is 0.639. The van der Waals surface area contributed by atoms with Gasteiger partial charge in [-0.3, -0.25) is 0 Å². The van der Waals surface area contributed by atoms with Gasteiger partial charge in [-0.15, -0.1) is 0 Å². The van der Waals surface area contributed by atoms with Gasteiger partial charge in [0.2, 0.25) is 0 Å². The van der Waals surface area contributed by atoms with Gasteiger partial charge in [0.15, 0.2) is 0 Å². The fourth-order valence-electron chi connectivity index (χ4n) is 1.88. The van der Waals surface area contributed by atoms with Gasteiger partial charge in [-0.1, -0.05) is 50.3 Å². The molecule has 0 heterocycles. The summed E-state index contributed by atoms with van der Waals surface area (Å²) >= 11 is 0. The van der Waals surface area contributed by atoms with Gasteiger partial charge < -0.3 is 0 Å².